The number of methoxy groups -OCH3 is 1. The number of nitrogens with one attached hydrogen (secondary N) is 1. The average Bonchev–Trinajstić information content (AvgIpc) is 3.21. The highest BCUT2D eigenvalue weighted by Crippen LogP contribution is 2.33. The number of para-hydroxylation sites is 1. The smallest absolute Gasteiger partial charge is 0.277 e. The van der Waals surface area contributed by atoms with Crippen LogP contribution in [0.25, 0.3) is 28.1 Å². The summed E-state index contributed by atoms with van der Waals surface area (Å²) in [6.45, 7) is 3.43. The van der Waals surface area contributed by atoms with Gasteiger partial charge in [0, 0.05) is 38.1 Å². The standard InChI is InChI=1S/C25H27N5O3/c1-16-22-23(30(28-16)18-7-5-4-6-8-18)25(31)27-24(26-22)20-10-9-19(15-21(20)32-3)29(2)17-11-13-33-14-12-17/h4-10,15,17H,11-14H2,1-3H3,(H,26,27,31). The van der Waals surface area contributed by atoms with Crippen LogP contribution in [0.5, 0.6) is 5.75 Å². The zero-order valence-corrected chi connectivity index (χ0v) is 19.0. The summed E-state index contributed by atoms with van der Waals surface area (Å²) in [5.74, 6) is 1.11. The maximum absolute atomic E-state index is 13.1. The Morgan fingerprint density at radius 2 is 1.91 bits per heavy atom. The van der Waals surface area contributed by atoms with E-state index in [1.165, 1.54) is 0 Å². The molecule has 1 aliphatic heterocycles. The van der Waals surface area contributed by atoms with E-state index in [9.17, 15) is 4.79 Å². The van der Waals surface area contributed by atoms with Gasteiger partial charge in [-0.25, -0.2) is 9.67 Å². The third-order valence-corrected chi connectivity index (χ3v) is 6.29. The van der Waals surface area contributed by atoms with Crippen molar-refractivity contribution in [3.8, 4) is 22.8 Å². The molecule has 1 aliphatic rings. The number of ether oxygens (including phenoxy) is 2. The third kappa shape index (κ3) is 3.87. The van der Waals surface area contributed by atoms with E-state index in [0.29, 0.717) is 34.3 Å². The summed E-state index contributed by atoms with van der Waals surface area (Å²) < 4.78 is 12.8. The fourth-order valence-corrected chi connectivity index (χ4v) is 4.42. The normalized spacial score (nSPS) is 14.5. The molecule has 33 heavy (non-hydrogen) atoms. The van der Waals surface area contributed by atoms with Crippen LogP contribution in [0.1, 0.15) is 18.5 Å². The first-order valence-corrected chi connectivity index (χ1v) is 11.1. The first kappa shape index (κ1) is 21.2. The molecule has 2 aromatic carbocycles. The van der Waals surface area contributed by atoms with Crippen molar-refractivity contribution in [2.75, 3.05) is 32.3 Å². The van der Waals surface area contributed by atoms with Gasteiger partial charge in [0.15, 0.2) is 5.52 Å². The fourth-order valence-electron chi connectivity index (χ4n) is 4.42. The topological polar surface area (TPSA) is 85.3 Å². The molecule has 0 unspecified atom stereocenters. The quantitative estimate of drug-likeness (QED) is 0.504. The maximum atomic E-state index is 13.1. The molecule has 0 bridgehead atoms. The molecule has 0 saturated carbocycles. The highest BCUT2D eigenvalue weighted by atomic mass is 16.5. The second-order valence-corrected chi connectivity index (χ2v) is 8.28. The Balaban J connectivity index is 1.56. The molecule has 1 fully saturated rings. The van der Waals surface area contributed by atoms with Gasteiger partial charge in [-0.1, -0.05) is 18.2 Å². The van der Waals surface area contributed by atoms with Gasteiger partial charge in [0.1, 0.15) is 17.1 Å². The number of fused-ring (bicyclic) bond motifs is 1. The SMILES string of the molecule is COc1cc(N(C)C2CCOCC2)ccc1-c1nc2c(C)nn(-c3ccccc3)c2c(=O)[nH]1. The molecule has 0 aliphatic carbocycles. The molecule has 5 rings (SSSR count). The van der Waals surface area contributed by atoms with Gasteiger partial charge < -0.3 is 19.4 Å². The first-order chi connectivity index (χ1) is 16.1. The van der Waals surface area contributed by atoms with Gasteiger partial charge in [0.05, 0.1) is 24.1 Å². The van der Waals surface area contributed by atoms with Crippen molar-refractivity contribution < 1.29 is 9.47 Å². The van der Waals surface area contributed by atoms with Crippen molar-refractivity contribution in [2.45, 2.75) is 25.8 Å². The molecule has 0 amide bonds. The minimum Gasteiger partial charge on any atom is -0.496 e. The summed E-state index contributed by atoms with van der Waals surface area (Å²) in [4.78, 5) is 23.1. The second kappa shape index (κ2) is 8.71. The predicted octanol–water partition coefficient (Wildman–Crippen LogP) is 3.71. The summed E-state index contributed by atoms with van der Waals surface area (Å²) in [6, 6.07) is 16.0. The molecule has 0 radical (unpaired) electrons. The number of hydrogen-bond acceptors (Lipinski definition) is 6. The van der Waals surface area contributed by atoms with Gasteiger partial charge in [0.25, 0.3) is 5.56 Å². The summed E-state index contributed by atoms with van der Waals surface area (Å²) in [6.07, 6.45) is 1.99. The molecule has 170 valence electrons. The van der Waals surface area contributed by atoms with Gasteiger partial charge in [-0.3, -0.25) is 4.79 Å². The lowest BCUT2D eigenvalue weighted by atomic mass is 10.1. The minimum absolute atomic E-state index is 0.245. The van der Waals surface area contributed by atoms with Crippen molar-refractivity contribution in [1.29, 1.82) is 0 Å². The number of H-pyrrole nitrogens is 1. The average molecular weight is 446 g/mol. The molecular formula is C25H27N5O3. The van der Waals surface area contributed by atoms with Crippen LogP contribution in [-0.4, -0.2) is 53.2 Å². The van der Waals surface area contributed by atoms with Gasteiger partial charge >= 0.3 is 0 Å². The van der Waals surface area contributed by atoms with E-state index in [1.807, 2.05) is 55.5 Å². The number of aromatic amines is 1. The molecule has 0 spiro atoms. The highest BCUT2D eigenvalue weighted by Gasteiger charge is 2.21. The number of benzene rings is 2. The van der Waals surface area contributed by atoms with E-state index in [2.05, 4.69) is 22.0 Å². The first-order valence-electron chi connectivity index (χ1n) is 11.1. The monoisotopic (exact) mass is 445 g/mol. The molecule has 0 atom stereocenters. The summed E-state index contributed by atoms with van der Waals surface area (Å²) >= 11 is 0. The molecule has 1 saturated heterocycles. The Hall–Kier alpha value is -3.65. The largest absolute Gasteiger partial charge is 0.496 e. The van der Waals surface area contributed by atoms with E-state index in [0.717, 1.165) is 43.0 Å². The number of aromatic nitrogens is 4. The summed E-state index contributed by atoms with van der Waals surface area (Å²) in [7, 11) is 3.73. The lowest BCUT2D eigenvalue weighted by molar-refractivity contribution is 0.0855. The van der Waals surface area contributed by atoms with Crippen molar-refractivity contribution in [3.05, 3.63) is 64.6 Å². The van der Waals surface area contributed by atoms with Crippen LogP contribution in [0.2, 0.25) is 0 Å². The van der Waals surface area contributed by atoms with Crippen LogP contribution in [0, 0.1) is 6.92 Å². The van der Waals surface area contributed by atoms with E-state index in [-0.39, 0.29) is 5.56 Å². The highest BCUT2D eigenvalue weighted by molar-refractivity contribution is 5.81. The molecular weight excluding hydrogens is 418 g/mol. The summed E-state index contributed by atoms with van der Waals surface area (Å²) in [5.41, 5.74) is 4.04. The Bertz CT molecular complexity index is 1340. The molecule has 2 aromatic heterocycles. The zero-order valence-electron chi connectivity index (χ0n) is 19.0. The molecule has 4 aromatic rings. The number of rotatable bonds is 5. The molecule has 8 heteroatoms. The molecule has 8 nitrogen and oxygen atoms in total. The van der Waals surface area contributed by atoms with E-state index >= 15 is 0 Å². The Morgan fingerprint density at radius 1 is 1.15 bits per heavy atom. The van der Waals surface area contributed by atoms with Crippen molar-refractivity contribution in [1.82, 2.24) is 19.7 Å². The minimum atomic E-state index is -0.245. The third-order valence-electron chi connectivity index (χ3n) is 6.29. The molecule has 1 N–H and O–H groups in total. The number of aryl methyl sites for hydroxylation is 1. The Morgan fingerprint density at radius 3 is 2.64 bits per heavy atom. The van der Waals surface area contributed by atoms with Crippen molar-refractivity contribution in [2.24, 2.45) is 0 Å². The van der Waals surface area contributed by atoms with Crippen molar-refractivity contribution in [3.63, 3.8) is 0 Å². The molecule has 3 heterocycles. The Kier molecular flexibility index (Phi) is 5.60. The van der Waals surface area contributed by atoms with Crippen LogP contribution in [0.3, 0.4) is 0 Å². The van der Waals surface area contributed by atoms with Crippen LogP contribution in [0.4, 0.5) is 5.69 Å². The Labute approximate surface area is 191 Å². The van der Waals surface area contributed by atoms with Crippen LogP contribution >= 0.6 is 0 Å². The van der Waals surface area contributed by atoms with E-state index in [1.54, 1.807) is 11.8 Å². The predicted molar refractivity (Wildman–Crippen MR) is 128 cm³/mol. The maximum Gasteiger partial charge on any atom is 0.277 e. The summed E-state index contributed by atoms with van der Waals surface area (Å²) in [5, 5.41) is 4.57. The van der Waals surface area contributed by atoms with Crippen LogP contribution < -0.4 is 15.2 Å². The number of nitrogens with zero attached hydrogens (tertiary/aromatic N) is 4. The van der Waals surface area contributed by atoms with Crippen LogP contribution in [0.15, 0.2) is 53.3 Å². The van der Waals surface area contributed by atoms with Gasteiger partial charge in [0.2, 0.25) is 0 Å². The number of anilines is 1. The number of hydrogen-bond donors (Lipinski definition) is 1. The fraction of sp³-hybridized carbons (Fsp3) is 0.320. The van der Waals surface area contributed by atoms with Crippen molar-refractivity contribution >= 4 is 16.7 Å². The lowest BCUT2D eigenvalue weighted by Gasteiger charge is -2.33. The van der Waals surface area contributed by atoms with Crippen LogP contribution in [-0.2, 0) is 4.74 Å². The van der Waals surface area contributed by atoms with E-state index in [4.69, 9.17) is 14.5 Å². The van der Waals surface area contributed by atoms with E-state index < -0.39 is 0 Å². The zero-order chi connectivity index (χ0) is 22.9. The van der Waals surface area contributed by atoms with Gasteiger partial charge in [-0.15, -0.1) is 0 Å². The second-order valence-electron chi connectivity index (χ2n) is 8.28. The van der Waals surface area contributed by atoms with Gasteiger partial charge in [-0.05, 0) is 44.0 Å². The lowest BCUT2D eigenvalue weighted by Crippen LogP contribution is -2.36. The van der Waals surface area contributed by atoms with Gasteiger partial charge in [-0.2, -0.15) is 5.10 Å².